The monoisotopic (exact) mass is 768 g/mol. The summed E-state index contributed by atoms with van der Waals surface area (Å²) in [5.74, 6) is -0.892. The maximum Gasteiger partial charge on any atom is 0.472 e. The van der Waals surface area contributed by atoms with Crippen molar-refractivity contribution in [1.29, 1.82) is 0 Å². The highest BCUT2D eigenvalue weighted by Gasteiger charge is 2.25. The van der Waals surface area contributed by atoms with Gasteiger partial charge in [0.15, 0.2) is 6.10 Å². The fraction of sp³-hybridized carbons (Fsp3) is 0.767. The van der Waals surface area contributed by atoms with E-state index in [1.165, 1.54) is 103 Å². The van der Waals surface area contributed by atoms with Gasteiger partial charge in [-0.15, -0.1) is 0 Å². The van der Waals surface area contributed by atoms with Gasteiger partial charge in [-0.2, -0.15) is 0 Å². The third-order valence-electron chi connectivity index (χ3n) is 8.72. The molecule has 0 aromatic rings. The summed E-state index contributed by atoms with van der Waals surface area (Å²) in [4.78, 5) is 34.8. The SMILES string of the molecule is CCCCC/C=C/C/C=C/C/C=C\C/C=C\CCCC(=O)O[C@H](COC(=O)CCCCCCCCCCCCCCCCC)COP(=O)(O)OCCN. The van der Waals surface area contributed by atoms with Crippen LogP contribution in [0.3, 0.4) is 0 Å². The van der Waals surface area contributed by atoms with Crippen molar-refractivity contribution in [1.82, 2.24) is 0 Å². The van der Waals surface area contributed by atoms with E-state index in [1.54, 1.807) is 0 Å². The van der Waals surface area contributed by atoms with Crippen molar-refractivity contribution in [2.45, 2.75) is 187 Å². The minimum Gasteiger partial charge on any atom is -0.462 e. The second kappa shape index (κ2) is 39.7. The van der Waals surface area contributed by atoms with Crippen LogP contribution >= 0.6 is 7.82 Å². The van der Waals surface area contributed by atoms with Crippen molar-refractivity contribution in [2.75, 3.05) is 26.4 Å². The quantitative estimate of drug-likeness (QED) is 0.0271. The molecule has 3 N–H and O–H groups in total. The van der Waals surface area contributed by atoms with Gasteiger partial charge in [0.2, 0.25) is 0 Å². The van der Waals surface area contributed by atoms with Crippen molar-refractivity contribution < 1.29 is 37.6 Å². The van der Waals surface area contributed by atoms with Crippen molar-refractivity contribution in [2.24, 2.45) is 5.73 Å². The van der Waals surface area contributed by atoms with Crippen molar-refractivity contribution in [3.63, 3.8) is 0 Å². The lowest BCUT2D eigenvalue weighted by atomic mass is 10.0. The van der Waals surface area contributed by atoms with E-state index in [9.17, 15) is 19.0 Å². The molecule has 2 atom stereocenters. The van der Waals surface area contributed by atoms with Crippen molar-refractivity contribution in [3.05, 3.63) is 48.6 Å². The molecule has 0 amide bonds. The maximum absolute atomic E-state index is 12.5. The Labute approximate surface area is 324 Å². The molecule has 0 spiro atoms. The summed E-state index contributed by atoms with van der Waals surface area (Å²) in [5, 5.41) is 0. The van der Waals surface area contributed by atoms with Crippen LogP contribution in [0.15, 0.2) is 48.6 Å². The lowest BCUT2D eigenvalue weighted by Crippen LogP contribution is -2.29. The maximum atomic E-state index is 12.5. The van der Waals surface area contributed by atoms with Crippen LogP contribution in [0.1, 0.15) is 181 Å². The average molecular weight is 768 g/mol. The zero-order chi connectivity index (χ0) is 38.9. The van der Waals surface area contributed by atoms with E-state index in [0.29, 0.717) is 12.8 Å². The first-order chi connectivity index (χ1) is 25.8. The van der Waals surface area contributed by atoms with Gasteiger partial charge in [-0.05, 0) is 51.4 Å². The number of esters is 2. The molecule has 0 saturated carbocycles. The Morgan fingerprint density at radius 1 is 0.566 bits per heavy atom. The van der Waals surface area contributed by atoms with E-state index in [2.05, 4.69) is 56.4 Å². The van der Waals surface area contributed by atoms with Crippen LogP contribution in [0.2, 0.25) is 0 Å². The minimum absolute atomic E-state index is 0.0443. The number of hydrogen-bond acceptors (Lipinski definition) is 8. The molecule has 0 aliphatic heterocycles. The second-order valence-electron chi connectivity index (χ2n) is 13.9. The number of carbonyl (C=O) groups excluding carboxylic acids is 2. The first kappa shape index (κ1) is 51.0. The zero-order valence-corrected chi connectivity index (χ0v) is 34.6. The van der Waals surface area contributed by atoms with Crippen LogP contribution < -0.4 is 5.73 Å². The van der Waals surface area contributed by atoms with Gasteiger partial charge >= 0.3 is 19.8 Å². The number of rotatable bonds is 39. The molecule has 0 aliphatic rings. The fourth-order valence-corrected chi connectivity index (χ4v) is 6.33. The summed E-state index contributed by atoms with van der Waals surface area (Å²) >= 11 is 0. The standard InChI is InChI=1S/C43H78NO8P/c1-3-5-7-9-11-13-15-17-19-20-22-24-26-28-30-32-34-36-43(46)52-41(40-51-53(47,48)50-38-37-44)39-49-42(45)35-33-31-29-27-25-23-21-18-16-14-12-10-8-6-4-2/h11,13,17,19,22,24,28,30,41H,3-10,12,14-16,18,20-21,23,25-27,29,31-40,44H2,1-2H3,(H,47,48)/b13-11+,19-17+,24-22-,30-28-/t41-/m1/s1. The number of hydrogen-bond donors (Lipinski definition) is 2. The van der Waals surface area contributed by atoms with E-state index in [4.69, 9.17) is 24.3 Å². The second-order valence-corrected chi connectivity index (χ2v) is 15.3. The molecule has 0 saturated heterocycles. The van der Waals surface area contributed by atoms with E-state index in [-0.39, 0.29) is 32.6 Å². The van der Waals surface area contributed by atoms with Crippen LogP contribution in [-0.2, 0) is 32.7 Å². The van der Waals surface area contributed by atoms with E-state index in [0.717, 1.165) is 38.5 Å². The molecular weight excluding hydrogens is 689 g/mol. The summed E-state index contributed by atoms with van der Waals surface area (Å²) in [5.41, 5.74) is 5.34. The average Bonchev–Trinajstić information content (AvgIpc) is 3.14. The lowest BCUT2D eigenvalue weighted by Gasteiger charge is -2.19. The van der Waals surface area contributed by atoms with Gasteiger partial charge in [0.1, 0.15) is 6.61 Å². The number of carbonyl (C=O) groups is 2. The predicted molar refractivity (Wildman–Crippen MR) is 220 cm³/mol. The Balaban J connectivity index is 4.26. The van der Waals surface area contributed by atoms with Gasteiger partial charge in [-0.25, -0.2) is 4.57 Å². The fourth-order valence-electron chi connectivity index (χ4n) is 5.57. The summed E-state index contributed by atoms with van der Waals surface area (Å²) in [6.45, 7) is 3.64. The molecule has 308 valence electrons. The third kappa shape index (κ3) is 39.5. The molecule has 0 aromatic heterocycles. The molecule has 0 radical (unpaired) electrons. The topological polar surface area (TPSA) is 134 Å². The Kier molecular flexibility index (Phi) is 38.1. The highest BCUT2D eigenvalue weighted by atomic mass is 31.2. The number of unbranched alkanes of at least 4 members (excludes halogenated alkanes) is 18. The highest BCUT2D eigenvalue weighted by molar-refractivity contribution is 7.47. The van der Waals surface area contributed by atoms with E-state index < -0.39 is 32.5 Å². The minimum atomic E-state index is -4.39. The summed E-state index contributed by atoms with van der Waals surface area (Å²) < 4.78 is 32.7. The molecular formula is C43H78NO8P. The van der Waals surface area contributed by atoms with Crippen LogP contribution in [0.25, 0.3) is 0 Å². The normalized spacial score (nSPS) is 13.8. The molecule has 0 aliphatic carbocycles. The Hall–Kier alpha value is -2.03. The van der Waals surface area contributed by atoms with Gasteiger partial charge in [0, 0.05) is 19.4 Å². The van der Waals surface area contributed by atoms with E-state index >= 15 is 0 Å². The molecule has 1 unspecified atom stereocenters. The number of ether oxygens (including phenoxy) is 2. The summed E-state index contributed by atoms with van der Waals surface area (Å²) in [6, 6.07) is 0. The molecule has 0 heterocycles. The highest BCUT2D eigenvalue weighted by Crippen LogP contribution is 2.43. The molecule has 53 heavy (non-hydrogen) atoms. The van der Waals surface area contributed by atoms with Gasteiger partial charge in [-0.3, -0.25) is 18.6 Å². The third-order valence-corrected chi connectivity index (χ3v) is 9.70. The first-order valence-corrected chi connectivity index (χ1v) is 22.6. The van der Waals surface area contributed by atoms with Crippen LogP contribution in [0.5, 0.6) is 0 Å². The molecule has 0 bridgehead atoms. The van der Waals surface area contributed by atoms with Gasteiger partial charge in [-0.1, -0.05) is 165 Å². The smallest absolute Gasteiger partial charge is 0.462 e. The largest absolute Gasteiger partial charge is 0.472 e. The Morgan fingerprint density at radius 2 is 1.00 bits per heavy atom. The molecule has 0 rings (SSSR count). The lowest BCUT2D eigenvalue weighted by molar-refractivity contribution is -0.161. The first-order valence-electron chi connectivity index (χ1n) is 21.1. The zero-order valence-electron chi connectivity index (χ0n) is 33.7. The van der Waals surface area contributed by atoms with Crippen LogP contribution in [-0.4, -0.2) is 49.3 Å². The number of nitrogens with two attached hydrogens (primary N) is 1. The molecule has 0 aromatic carbocycles. The van der Waals surface area contributed by atoms with Crippen molar-refractivity contribution >= 4 is 19.8 Å². The predicted octanol–water partition coefficient (Wildman–Crippen LogP) is 11.9. The molecule has 10 heteroatoms. The summed E-state index contributed by atoms with van der Waals surface area (Å²) in [6.07, 6.45) is 44.3. The number of phosphoric ester groups is 1. The van der Waals surface area contributed by atoms with E-state index in [1.807, 2.05) is 6.08 Å². The van der Waals surface area contributed by atoms with Crippen molar-refractivity contribution in [3.8, 4) is 0 Å². The van der Waals surface area contributed by atoms with Crippen LogP contribution in [0, 0.1) is 0 Å². The van der Waals surface area contributed by atoms with Gasteiger partial charge < -0.3 is 20.1 Å². The Morgan fingerprint density at radius 3 is 1.51 bits per heavy atom. The van der Waals surface area contributed by atoms with Gasteiger partial charge in [0.25, 0.3) is 0 Å². The molecule has 9 nitrogen and oxygen atoms in total. The Bertz CT molecular complexity index is 1010. The van der Waals surface area contributed by atoms with Gasteiger partial charge in [0.05, 0.1) is 13.2 Å². The summed E-state index contributed by atoms with van der Waals surface area (Å²) in [7, 11) is -4.39. The van der Waals surface area contributed by atoms with Crippen LogP contribution in [0.4, 0.5) is 0 Å². The number of allylic oxidation sites excluding steroid dienone is 8. The number of phosphoric acid groups is 1. The molecule has 0 fully saturated rings.